The maximum atomic E-state index is 10.9. The van der Waals surface area contributed by atoms with Gasteiger partial charge in [0.05, 0.1) is 0 Å². The highest BCUT2D eigenvalue weighted by Crippen LogP contribution is 2.28. The Balaban J connectivity index is 2.56. The Labute approximate surface area is 61.1 Å². The molecule has 0 spiro atoms. The predicted molar refractivity (Wildman–Crippen MR) is 40.5 cm³/mol. The van der Waals surface area contributed by atoms with Gasteiger partial charge >= 0.3 is 0 Å². The van der Waals surface area contributed by atoms with Gasteiger partial charge in [0, 0.05) is 12.8 Å². The molecule has 0 aromatic carbocycles. The first kappa shape index (κ1) is 7.48. The molecule has 1 aliphatic rings. The SMILES string of the molecule is C=C[C@H]1CC(=O)CC1CN. The van der Waals surface area contributed by atoms with Gasteiger partial charge in [-0.15, -0.1) is 6.58 Å². The number of allylic oxidation sites excluding steroid dienone is 1. The normalized spacial score (nSPS) is 32.7. The topological polar surface area (TPSA) is 43.1 Å². The van der Waals surface area contributed by atoms with E-state index in [9.17, 15) is 4.79 Å². The van der Waals surface area contributed by atoms with E-state index < -0.39 is 0 Å². The molecule has 1 rings (SSSR count). The van der Waals surface area contributed by atoms with E-state index in [0.29, 0.717) is 37.0 Å². The molecule has 0 radical (unpaired) electrons. The number of ketones is 1. The summed E-state index contributed by atoms with van der Waals surface area (Å²) in [4.78, 5) is 10.9. The van der Waals surface area contributed by atoms with Gasteiger partial charge in [-0.05, 0) is 18.4 Å². The lowest BCUT2D eigenvalue weighted by atomic mass is 9.97. The summed E-state index contributed by atoms with van der Waals surface area (Å²) < 4.78 is 0. The summed E-state index contributed by atoms with van der Waals surface area (Å²) in [5, 5.41) is 0. The van der Waals surface area contributed by atoms with E-state index >= 15 is 0 Å². The first-order chi connectivity index (χ1) is 4.77. The third-order valence-electron chi connectivity index (χ3n) is 2.16. The second kappa shape index (κ2) is 2.97. The van der Waals surface area contributed by atoms with Crippen molar-refractivity contribution in [2.45, 2.75) is 12.8 Å². The van der Waals surface area contributed by atoms with Crippen LogP contribution in [0.4, 0.5) is 0 Å². The quantitative estimate of drug-likeness (QED) is 0.573. The van der Waals surface area contributed by atoms with E-state index in [1.165, 1.54) is 0 Å². The Hall–Kier alpha value is -0.630. The van der Waals surface area contributed by atoms with Crippen LogP contribution >= 0.6 is 0 Å². The molecule has 0 aromatic heterocycles. The average Bonchev–Trinajstić information content (AvgIpc) is 2.30. The molecule has 2 N–H and O–H groups in total. The van der Waals surface area contributed by atoms with Crippen LogP contribution < -0.4 is 5.73 Å². The van der Waals surface area contributed by atoms with Crippen LogP contribution in [-0.4, -0.2) is 12.3 Å². The van der Waals surface area contributed by atoms with Crippen LogP contribution in [0.25, 0.3) is 0 Å². The molecule has 1 saturated carbocycles. The third-order valence-corrected chi connectivity index (χ3v) is 2.16. The second-order valence-electron chi connectivity index (χ2n) is 2.84. The Morgan fingerprint density at radius 3 is 2.80 bits per heavy atom. The number of hydrogen-bond donors (Lipinski definition) is 1. The van der Waals surface area contributed by atoms with E-state index in [1.54, 1.807) is 0 Å². The van der Waals surface area contributed by atoms with Crippen molar-refractivity contribution in [3.05, 3.63) is 12.7 Å². The summed E-state index contributed by atoms with van der Waals surface area (Å²) in [5.41, 5.74) is 5.46. The molecule has 56 valence electrons. The highest BCUT2D eigenvalue weighted by Gasteiger charge is 2.29. The maximum absolute atomic E-state index is 10.9. The van der Waals surface area contributed by atoms with Crippen molar-refractivity contribution in [1.29, 1.82) is 0 Å². The summed E-state index contributed by atoms with van der Waals surface area (Å²) in [6.45, 7) is 4.28. The first-order valence-corrected chi connectivity index (χ1v) is 3.62. The Kier molecular flexibility index (Phi) is 2.22. The largest absolute Gasteiger partial charge is 0.330 e. The number of nitrogens with two attached hydrogens (primary N) is 1. The Bertz CT molecular complexity index is 153. The van der Waals surface area contributed by atoms with Gasteiger partial charge in [-0.1, -0.05) is 6.08 Å². The fourth-order valence-electron chi connectivity index (χ4n) is 1.49. The lowest BCUT2D eigenvalue weighted by Crippen LogP contribution is -2.16. The van der Waals surface area contributed by atoms with Crippen LogP contribution in [0.2, 0.25) is 0 Å². The number of rotatable bonds is 2. The van der Waals surface area contributed by atoms with Crippen LogP contribution in [0, 0.1) is 11.8 Å². The molecule has 0 heterocycles. The fraction of sp³-hybridized carbons (Fsp3) is 0.625. The van der Waals surface area contributed by atoms with Crippen molar-refractivity contribution in [2.75, 3.05) is 6.54 Å². The number of hydrogen-bond acceptors (Lipinski definition) is 2. The molecule has 0 saturated heterocycles. The molecule has 2 nitrogen and oxygen atoms in total. The number of carbonyl (C=O) groups excluding carboxylic acids is 1. The van der Waals surface area contributed by atoms with Crippen molar-refractivity contribution in [3.8, 4) is 0 Å². The zero-order chi connectivity index (χ0) is 7.56. The summed E-state index contributed by atoms with van der Waals surface area (Å²) in [5.74, 6) is 1.04. The highest BCUT2D eigenvalue weighted by atomic mass is 16.1. The minimum absolute atomic E-state index is 0.334. The van der Waals surface area contributed by atoms with Crippen LogP contribution in [0.15, 0.2) is 12.7 Å². The van der Waals surface area contributed by atoms with Crippen molar-refractivity contribution >= 4 is 5.78 Å². The zero-order valence-electron chi connectivity index (χ0n) is 6.05. The molecule has 0 amide bonds. The van der Waals surface area contributed by atoms with E-state index in [4.69, 9.17) is 5.73 Å². The van der Waals surface area contributed by atoms with Crippen LogP contribution in [0.1, 0.15) is 12.8 Å². The molecule has 2 atom stereocenters. The summed E-state index contributed by atoms with van der Waals surface area (Å²) in [6.07, 6.45) is 3.17. The molecule has 0 bridgehead atoms. The van der Waals surface area contributed by atoms with Gasteiger partial charge < -0.3 is 5.73 Å². The lowest BCUT2D eigenvalue weighted by Gasteiger charge is -2.10. The molecule has 10 heavy (non-hydrogen) atoms. The number of carbonyl (C=O) groups is 1. The Morgan fingerprint density at radius 2 is 2.40 bits per heavy atom. The molecule has 1 fully saturated rings. The minimum atomic E-state index is 0.334. The summed E-state index contributed by atoms with van der Waals surface area (Å²) in [7, 11) is 0. The average molecular weight is 139 g/mol. The molecule has 0 aliphatic heterocycles. The van der Waals surface area contributed by atoms with Crippen LogP contribution in [0.5, 0.6) is 0 Å². The monoisotopic (exact) mass is 139 g/mol. The van der Waals surface area contributed by atoms with Gasteiger partial charge in [0.2, 0.25) is 0 Å². The van der Waals surface area contributed by atoms with Crippen molar-refractivity contribution < 1.29 is 4.79 Å². The smallest absolute Gasteiger partial charge is 0.133 e. The first-order valence-electron chi connectivity index (χ1n) is 3.62. The lowest BCUT2D eigenvalue weighted by molar-refractivity contribution is -0.117. The molecule has 1 unspecified atom stereocenters. The van der Waals surface area contributed by atoms with Crippen LogP contribution in [-0.2, 0) is 4.79 Å². The van der Waals surface area contributed by atoms with E-state index in [0.717, 1.165) is 0 Å². The standard InChI is InChI=1S/C8H13NO/c1-2-6-3-8(10)4-7(6)5-9/h2,6-7H,1,3-5,9H2/t6-,7?/m0/s1. The van der Waals surface area contributed by atoms with Gasteiger partial charge in [-0.3, -0.25) is 4.79 Å². The van der Waals surface area contributed by atoms with Gasteiger partial charge in [-0.2, -0.15) is 0 Å². The van der Waals surface area contributed by atoms with Crippen molar-refractivity contribution in [2.24, 2.45) is 17.6 Å². The molecule has 2 heteroatoms. The summed E-state index contributed by atoms with van der Waals surface area (Å²) >= 11 is 0. The van der Waals surface area contributed by atoms with E-state index in [2.05, 4.69) is 6.58 Å². The minimum Gasteiger partial charge on any atom is -0.330 e. The zero-order valence-corrected chi connectivity index (χ0v) is 6.05. The summed E-state index contributed by atoms with van der Waals surface area (Å²) in [6, 6.07) is 0. The van der Waals surface area contributed by atoms with Crippen molar-refractivity contribution in [1.82, 2.24) is 0 Å². The molecule has 1 aliphatic carbocycles. The van der Waals surface area contributed by atoms with E-state index in [1.807, 2.05) is 6.08 Å². The molecule has 0 aromatic rings. The third kappa shape index (κ3) is 1.27. The van der Waals surface area contributed by atoms with E-state index in [-0.39, 0.29) is 0 Å². The molecular weight excluding hydrogens is 126 g/mol. The second-order valence-corrected chi connectivity index (χ2v) is 2.84. The van der Waals surface area contributed by atoms with Crippen molar-refractivity contribution in [3.63, 3.8) is 0 Å². The highest BCUT2D eigenvalue weighted by molar-refractivity contribution is 5.81. The van der Waals surface area contributed by atoms with Crippen LogP contribution in [0.3, 0.4) is 0 Å². The van der Waals surface area contributed by atoms with Gasteiger partial charge in [0.15, 0.2) is 0 Å². The van der Waals surface area contributed by atoms with Gasteiger partial charge in [0.1, 0.15) is 5.78 Å². The predicted octanol–water partition coefficient (Wildman–Crippen LogP) is 0.726. The Morgan fingerprint density at radius 1 is 1.70 bits per heavy atom. The van der Waals surface area contributed by atoms with Gasteiger partial charge in [0.25, 0.3) is 0 Å². The fourth-order valence-corrected chi connectivity index (χ4v) is 1.49. The van der Waals surface area contributed by atoms with Gasteiger partial charge in [-0.25, -0.2) is 0 Å². The molecular formula is C8H13NO. The maximum Gasteiger partial charge on any atom is 0.133 e. The number of Topliss-reactive ketones (excluding diaryl/α,β-unsaturated/α-hetero) is 1.